The third kappa shape index (κ3) is 4.49. The smallest absolute Gasteiger partial charge is 0.253 e. The monoisotopic (exact) mass is 345 g/mol. The van der Waals surface area contributed by atoms with Crippen LogP contribution in [0.2, 0.25) is 0 Å². The van der Waals surface area contributed by atoms with Crippen molar-refractivity contribution in [2.24, 2.45) is 5.92 Å². The van der Waals surface area contributed by atoms with E-state index < -0.39 is 0 Å². The number of rotatable bonds is 4. The molecule has 3 rings (SSSR count). The first-order chi connectivity index (χ1) is 11.2. The molecule has 0 spiro atoms. The Morgan fingerprint density at radius 3 is 2.54 bits per heavy atom. The van der Waals surface area contributed by atoms with E-state index >= 15 is 0 Å². The predicted octanol–water partition coefficient (Wildman–Crippen LogP) is 3.58. The summed E-state index contributed by atoms with van der Waals surface area (Å²) in [5.41, 5.74) is 2.49. The Kier molecular flexibility index (Phi) is 6.64. The summed E-state index contributed by atoms with van der Waals surface area (Å²) < 4.78 is 0. The molecule has 0 radical (unpaired) electrons. The molecule has 2 aromatic carbocycles. The summed E-state index contributed by atoms with van der Waals surface area (Å²) in [7, 11) is 0. The van der Waals surface area contributed by atoms with E-state index in [9.17, 15) is 4.79 Å². The lowest BCUT2D eigenvalue weighted by Gasteiger charge is -2.30. The summed E-state index contributed by atoms with van der Waals surface area (Å²) >= 11 is 0. The molecule has 1 aliphatic rings. The molecule has 2 aromatic rings. The maximum absolute atomic E-state index is 12.7. The summed E-state index contributed by atoms with van der Waals surface area (Å²) in [6, 6.07) is 17.8. The molecule has 0 aromatic heterocycles. The molecule has 1 fully saturated rings. The van der Waals surface area contributed by atoms with E-state index in [0.29, 0.717) is 11.5 Å². The standard InChI is InChI=1S/C19H23N3O.ClH/c1-14-13-20-12-11-17(14)22-19(23)16-9-5-6-10-18(16)21-15-7-3-2-4-8-15;/h2-10,14,17,20-21H,11-13H2,1H3,(H,22,23);1H. The zero-order valence-electron chi connectivity index (χ0n) is 13.8. The highest BCUT2D eigenvalue weighted by Crippen LogP contribution is 2.21. The molecular weight excluding hydrogens is 322 g/mol. The van der Waals surface area contributed by atoms with Crippen molar-refractivity contribution in [1.29, 1.82) is 0 Å². The number of piperidine rings is 1. The van der Waals surface area contributed by atoms with Crippen LogP contribution in [0.25, 0.3) is 0 Å². The van der Waals surface area contributed by atoms with E-state index in [0.717, 1.165) is 30.9 Å². The number of anilines is 2. The zero-order valence-corrected chi connectivity index (χ0v) is 14.6. The van der Waals surface area contributed by atoms with Crippen LogP contribution in [0, 0.1) is 5.92 Å². The zero-order chi connectivity index (χ0) is 16.1. The first kappa shape index (κ1) is 18.3. The van der Waals surface area contributed by atoms with Gasteiger partial charge in [0.25, 0.3) is 5.91 Å². The highest BCUT2D eigenvalue weighted by Gasteiger charge is 2.23. The molecule has 0 aliphatic carbocycles. The van der Waals surface area contributed by atoms with E-state index in [1.54, 1.807) is 0 Å². The van der Waals surface area contributed by atoms with Gasteiger partial charge in [0.15, 0.2) is 0 Å². The van der Waals surface area contributed by atoms with Crippen LogP contribution in [0.3, 0.4) is 0 Å². The van der Waals surface area contributed by atoms with Crippen LogP contribution >= 0.6 is 12.4 Å². The van der Waals surface area contributed by atoms with E-state index in [2.05, 4.69) is 22.9 Å². The van der Waals surface area contributed by atoms with Gasteiger partial charge in [-0.2, -0.15) is 0 Å². The molecule has 5 heteroatoms. The number of amides is 1. The van der Waals surface area contributed by atoms with Crippen LogP contribution < -0.4 is 16.0 Å². The molecule has 1 heterocycles. The third-order valence-electron chi connectivity index (χ3n) is 4.33. The van der Waals surface area contributed by atoms with Gasteiger partial charge in [-0.15, -0.1) is 12.4 Å². The molecule has 1 amide bonds. The Morgan fingerprint density at radius 1 is 1.08 bits per heavy atom. The second-order valence-corrected chi connectivity index (χ2v) is 6.09. The molecule has 1 saturated heterocycles. The number of hydrogen-bond donors (Lipinski definition) is 3. The van der Waals surface area contributed by atoms with Crippen molar-refractivity contribution in [2.75, 3.05) is 18.4 Å². The van der Waals surface area contributed by atoms with Gasteiger partial charge in [-0.05, 0) is 49.7 Å². The fraction of sp³-hybridized carbons (Fsp3) is 0.316. The van der Waals surface area contributed by atoms with Crippen molar-refractivity contribution in [3.05, 3.63) is 60.2 Å². The Labute approximate surface area is 149 Å². The molecule has 4 nitrogen and oxygen atoms in total. The van der Waals surface area contributed by atoms with Crippen LogP contribution in [0.4, 0.5) is 11.4 Å². The molecule has 0 saturated carbocycles. The number of benzene rings is 2. The third-order valence-corrected chi connectivity index (χ3v) is 4.33. The maximum atomic E-state index is 12.7. The van der Waals surface area contributed by atoms with Crippen molar-refractivity contribution < 1.29 is 4.79 Å². The van der Waals surface area contributed by atoms with Gasteiger partial charge in [0.2, 0.25) is 0 Å². The normalized spacial score (nSPS) is 19.9. The predicted molar refractivity (Wildman–Crippen MR) is 101 cm³/mol. The van der Waals surface area contributed by atoms with Crippen molar-refractivity contribution in [3.8, 4) is 0 Å². The maximum Gasteiger partial charge on any atom is 0.253 e. The number of carbonyl (C=O) groups is 1. The van der Waals surface area contributed by atoms with Gasteiger partial charge in [0.05, 0.1) is 11.3 Å². The Balaban J connectivity index is 0.00000208. The average Bonchev–Trinajstić information content (AvgIpc) is 2.58. The topological polar surface area (TPSA) is 53.2 Å². The van der Waals surface area contributed by atoms with E-state index in [1.807, 2.05) is 54.6 Å². The molecule has 0 bridgehead atoms. The van der Waals surface area contributed by atoms with E-state index in [1.165, 1.54) is 0 Å². The molecule has 2 atom stereocenters. The quantitative estimate of drug-likeness (QED) is 0.794. The Hall–Kier alpha value is -2.04. The Morgan fingerprint density at radius 2 is 1.79 bits per heavy atom. The first-order valence-corrected chi connectivity index (χ1v) is 8.17. The summed E-state index contributed by atoms with van der Waals surface area (Å²) in [6.07, 6.45) is 0.973. The molecular formula is C19H24ClN3O. The fourth-order valence-electron chi connectivity index (χ4n) is 2.94. The van der Waals surface area contributed by atoms with Gasteiger partial charge in [-0.3, -0.25) is 4.79 Å². The van der Waals surface area contributed by atoms with Gasteiger partial charge >= 0.3 is 0 Å². The highest BCUT2D eigenvalue weighted by atomic mass is 35.5. The molecule has 1 aliphatic heterocycles. The summed E-state index contributed by atoms with van der Waals surface area (Å²) in [6.45, 7) is 4.08. The Bertz CT molecular complexity index is 663. The number of carbonyl (C=O) groups excluding carboxylic acids is 1. The van der Waals surface area contributed by atoms with Gasteiger partial charge in [0.1, 0.15) is 0 Å². The highest BCUT2D eigenvalue weighted by molar-refractivity contribution is 6.00. The molecule has 24 heavy (non-hydrogen) atoms. The number of hydrogen-bond acceptors (Lipinski definition) is 3. The minimum absolute atomic E-state index is 0. The fourth-order valence-corrected chi connectivity index (χ4v) is 2.94. The second kappa shape index (κ2) is 8.71. The van der Waals surface area contributed by atoms with E-state index in [4.69, 9.17) is 0 Å². The lowest BCUT2D eigenvalue weighted by Crippen LogP contribution is -2.48. The SMILES string of the molecule is CC1CNCCC1NC(=O)c1ccccc1Nc1ccccc1.Cl. The second-order valence-electron chi connectivity index (χ2n) is 6.09. The first-order valence-electron chi connectivity index (χ1n) is 8.17. The molecule has 3 N–H and O–H groups in total. The van der Waals surface area contributed by atoms with Crippen molar-refractivity contribution in [2.45, 2.75) is 19.4 Å². The van der Waals surface area contributed by atoms with Gasteiger partial charge in [-0.1, -0.05) is 37.3 Å². The number of halogens is 1. The van der Waals surface area contributed by atoms with Crippen LogP contribution in [0.15, 0.2) is 54.6 Å². The largest absolute Gasteiger partial charge is 0.355 e. The lowest BCUT2D eigenvalue weighted by molar-refractivity contribution is 0.0915. The van der Waals surface area contributed by atoms with Crippen LogP contribution in [0.1, 0.15) is 23.7 Å². The van der Waals surface area contributed by atoms with Gasteiger partial charge in [0, 0.05) is 11.7 Å². The minimum Gasteiger partial charge on any atom is -0.355 e. The average molecular weight is 346 g/mol. The number of para-hydroxylation sites is 2. The number of nitrogens with one attached hydrogen (secondary N) is 3. The van der Waals surface area contributed by atoms with Crippen LogP contribution in [0.5, 0.6) is 0 Å². The van der Waals surface area contributed by atoms with E-state index in [-0.39, 0.29) is 24.4 Å². The van der Waals surface area contributed by atoms with Crippen LogP contribution in [-0.2, 0) is 0 Å². The van der Waals surface area contributed by atoms with Gasteiger partial charge < -0.3 is 16.0 Å². The summed E-state index contributed by atoms with van der Waals surface area (Å²) in [5, 5.41) is 9.88. The van der Waals surface area contributed by atoms with Crippen molar-refractivity contribution in [3.63, 3.8) is 0 Å². The summed E-state index contributed by atoms with van der Waals surface area (Å²) in [5.74, 6) is 0.435. The van der Waals surface area contributed by atoms with Gasteiger partial charge in [-0.25, -0.2) is 0 Å². The van der Waals surface area contributed by atoms with Crippen LogP contribution in [-0.4, -0.2) is 25.0 Å². The summed E-state index contributed by atoms with van der Waals surface area (Å²) in [4.78, 5) is 12.7. The minimum atomic E-state index is -0.0113. The molecule has 128 valence electrons. The van der Waals surface area contributed by atoms with Crippen molar-refractivity contribution in [1.82, 2.24) is 10.6 Å². The molecule has 2 unspecified atom stereocenters. The lowest BCUT2D eigenvalue weighted by atomic mass is 9.95. The van der Waals surface area contributed by atoms with Crippen molar-refractivity contribution >= 4 is 29.7 Å².